The van der Waals surface area contributed by atoms with Crippen molar-refractivity contribution in [2.45, 2.75) is 52.2 Å². The van der Waals surface area contributed by atoms with Crippen LogP contribution in [0.5, 0.6) is 11.5 Å². The van der Waals surface area contributed by atoms with Crippen LogP contribution in [-0.2, 0) is 9.57 Å². The third-order valence-electron chi connectivity index (χ3n) is 3.33. The number of ether oxygens (including phenoxy) is 3. The van der Waals surface area contributed by atoms with Crippen LogP contribution in [0.15, 0.2) is 29.4 Å². The van der Waals surface area contributed by atoms with Gasteiger partial charge in [-0.1, -0.05) is 12.1 Å². The number of methoxy groups -OCH3 is 1. The van der Waals surface area contributed by atoms with Crippen LogP contribution in [0.25, 0.3) is 0 Å². The zero-order chi connectivity index (χ0) is 17.1. The van der Waals surface area contributed by atoms with Crippen LogP contribution in [0.2, 0.25) is 0 Å². The first-order chi connectivity index (χ1) is 11.0. The van der Waals surface area contributed by atoms with Gasteiger partial charge in [-0.2, -0.15) is 0 Å². The number of rotatable bonds is 11. The molecular weight excluding hydrogens is 294 g/mol. The van der Waals surface area contributed by atoms with Crippen molar-refractivity contribution < 1.29 is 19.0 Å². The van der Waals surface area contributed by atoms with Crippen molar-refractivity contribution in [1.29, 1.82) is 0 Å². The summed E-state index contributed by atoms with van der Waals surface area (Å²) >= 11 is 0. The van der Waals surface area contributed by atoms with Gasteiger partial charge < -0.3 is 19.0 Å². The van der Waals surface area contributed by atoms with E-state index in [1.54, 1.807) is 13.3 Å². The molecular formula is C18H29NO4. The quantitative estimate of drug-likeness (QED) is 0.455. The maximum atomic E-state index is 5.75. The number of benzene rings is 1. The van der Waals surface area contributed by atoms with Crippen LogP contribution in [-0.4, -0.2) is 38.2 Å². The molecule has 0 amide bonds. The lowest BCUT2D eigenvalue weighted by Gasteiger charge is -2.22. The van der Waals surface area contributed by atoms with Gasteiger partial charge in [0.2, 0.25) is 0 Å². The van der Waals surface area contributed by atoms with Gasteiger partial charge in [0.1, 0.15) is 17.6 Å². The molecule has 1 unspecified atom stereocenters. The van der Waals surface area contributed by atoms with E-state index < -0.39 is 0 Å². The highest BCUT2D eigenvalue weighted by Crippen LogP contribution is 2.20. The molecule has 0 bridgehead atoms. The van der Waals surface area contributed by atoms with Crippen molar-refractivity contribution in [2.75, 3.05) is 20.3 Å². The number of hydrogen-bond donors (Lipinski definition) is 0. The third-order valence-corrected chi connectivity index (χ3v) is 3.33. The Morgan fingerprint density at radius 2 is 1.83 bits per heavy atom. The number of nitrogens with zero attached hydrogens (tertiary/aromatic N) is 1. The van der Waals surface area contributed by atoms with Gasteiger partial charge in [-0.25, -0.2) is 0 Å². The Morgan fingerprint density at radius 3 is 2.43 bits per heavy atom. The minimum Gasteiger partial charge on any atom is -0.493 e. The first-order valence-electron chi connectivity index (χ1n) is 8.05. The zero-order valence-corrected chi connectivity index (χ0v) is 14.9. The van der Waals surface area contributed by atoms with Gasteiger partial charge in [0, 0.05) is 19.7 Å². The molecule has 0 aliphatic carbocycles. The van der Waals surface area contributed by atoms with Crippen molar-refractivity contribution in [1.82, 2.24) is 0 Å². The molecule has 0 radical (unpaired) electrons. The Bertz CT molecular complexity index is 457. The van der Waals surface area contributed by atoms with E-state index in [0.717, 1.165) is 24.3 Å². The van der Waals surface area contributed by atoms with E-state index in [4.69, 9.17) is 19.0 Å². The number of oxime groups is 1. The maximum Gasteiger partial charge on any atom is 0.153 e. The van der Waals surface area contributed by atoms with Crippen molar-refractivity contribution in [3.8, 4) is 11.5 Å². The lowest BCUT2D eigenvalue weighted by atomic mass is 10.1. The normalized spacial score (nSPS) is 13.1. The highest BCUT2D eigenvalue weighted by atomic mass is 16.6. The third kappa shape index (κ3) is 8.45. The molecule has 23 heavy (non-hydrogen) atoms. The minimum absolute atomic E-state index is 0.0710. The van der Waals surface area contributed by atoms with Crippen LogP contribution < -0.4 is 9.47 Å². The van der Waals surface area contributed by atoms with Crippen LogP contribution in [0.4, 0.5) is 0 Å². The standard InChI is InChI=1S/C18H29NO4/c1-6-12-19-22-14-15(2)23-17-9-7-16(8-10-17)21-13-11-18(3,4)20-5/h7-10,12,15H,6,11,13-14H2,1-5H3/b19-12+. The lowest BCUT2D eigenvalue weighted by molar-refractivity contribution is 0.00544. The molecule has 0 spiro atoms. The first-order valence-corrected chi connectivity index (χ1v) is 8.05. The smallest absolute Gasteiger partial charge is 0.153 e. The zero-order valence-electron chi connectivity index (χ0n) is 14.9. The molecule has 0 saturated heterocycles. The maximum absolute atomic E-state index is 5.75. The summed E-state index contributed by atoms with van der Waals surface area (Å²) in [7, 11) is 1.71. The van der Waals surface area contributed by atoms with Crippen molar-refractivity contribution >= 4 is 6.21 Å². The lowest BCUT2D eigenvalue weighted by Crippen LogP contribution is -2.25. The molecule has 5 nitrogen and oxygen atoms in total. The molecule has 0 fully saturated rings. The molecule has 0 aromatic heterocycles. The fourth-order valence-electron chi connectivity index (χ4n) is 1.67. The molecule has 1 aromatic carbocycles. The summed E-state index contributed by atoms with van der Waals surface area (Å²) in [6.45, 7) is 9.07. The van der Waals surface area contributed by atoms with Crippen molar-refractivity contribution in [3.05, 3.63) is 24.3 Å². The molecule has 0 heterocycles. The van der Waals surface area contributed by atoms with E-state index in [1.165, 1.54) is 0 Å². The van der Waals surface area contributed by atoms with Gasteiger partial charge in [0.15, 0.2) is 6.61 Å². The highest BCUT2D eigenvalue weighted by Gasteiger charge is 2.15. The Morgan fingerprint density at radius 1 is 1.17 bits per heavy atom. The highest BCUT2D eigenvalue weighted by molar-refractivity contribution is 5.55. The molecule has 130 valence electrons. The van der Waals surface area contributed by atoms with Gasteiger partial charge in [0.25, 0.3) is 0 Å². The second-order valence-corrected chi connectivity index (χ2v) is 5.95. The fourth-order valence-corrected chi connectivity index (χ4v) is 1.67. The summed E-state index contributed by atoms with van der Waals surface area (Å²) in [6.07, 6.45) is 3.34. The Balaban J connectivity index is 2.34. The van der Waals surface area contributed by atoms with Crippen LogP contribution in [0.3, 0.4) is 0 Å². The Hall–Kier alpha value is -1.75. The molecule has 5 heteroatoms. The van der Waals surface area contributed by atoms with Gasteiger partial charge in [-0.3, -0.25) is 0 Å². The van der Waals surface area contributed by atoms with Crippen LogP contribution >= 0.6 is 0 Å². The summed E-state index contributed by atoms with van der Waals surface area (Å²) in [4.78, 5) is 5.14. The molecule has 1 rings (SSSR count). The predicted molar refractivity (Wildman–Crippen MR) is 92.5 cm³/mol. The van der Waals surface area contributed by atoms with E-state index in [9.17, 15) is 0 Å². The van der Waals surface area contributed by atoms with E-state index in [1.807, 2.05) is 52.0 Å². The van der Waals surface area contributed by atoms with E-state index in [-0.39, 0.29) is 11.7 Å². The molecule has 0 saturated carbocycles. The summed E-state index contributed by atoms with van der Waals surface area (Å²) in [5, 5.41) is 3.81. The largest absolute Gasteiger partial charge is 0.493 e. The number of hydrogen-bond acceptors (Lipinski definition) is 5. The van der Waals surface area contributed by atoms with Crippen molar-refractivity contribution in [3.63, 3.8) is 0 Å². The summed E-state index contributed by atoms with van der Waals surface area (Å²) in [5.74, 6) is 1.60. The summed E-state index contributed by atoms with van der Waals surface area (Å²) in [5.41, 5.74) is -0.168. The average Bonchev–Trinajstić information content (AvgIpc) is 2.53. The monoisotopic (exact) mass is 323 g/mol. The Kier molecular flexibility index (Phi) is 8.48. The second-order valence-electron chi connectivity index (χ2n) is 5.95. The van der Waals surface area contributed by atoms with Crippen LogP contribution in [0, 0.1) is 0 Å². The summed E-state index contributed by atoms with van der Waals surface area (Å²) in [6, 6.07) is 7.58. The van der Waals surface area contributed by atoms with Gasteiger partial charge in [-0.05, 0) is 51.5 Å². The molecule has 0 aliphatic heterocycles. The van der Waals surface area contributed by atoms with Crippen LogP contribution in [0.1, 0.15) is 40.5 Å². The fraction of sp³-hybridized carbons (Fsp3) is 0.611. The molecule has 1 aromatic rings. The van der Waals surface area contributed by atoms with E-state index in [2.05, 4.69) is 5.16 Å². The van der Waals surface area contributed by atoms with Gasteiger partial charge in [0.05, 0.1) is 12.2 Å². The van der Waals surface area contributed by atoms with Gasteiger partial charge >= 0.3 is 0 Å². The first kappa shape index (κ1) is 19.3. The SMILES string of the molecule is CC/C=N/OCC(C)Oc1ccc(OCCC(C)(C)OC)cc1. The summed E-state index contributed by atoms with van der Waals surface area (Å²) < 4.78 is 16.8. The van der Waals surface area contributed by atoms with Crippen molar-refractivity contribution in [2.24, 2.45) is 5.16 Å². The minimum atomic E-state index is -0.168. The molecule has 1 atom stereocenters. The topological polar surface area (TPSA) is 49.3 Å². The predicted octanol–water partition coefficient (Wildman–Crippen LogP) is 4.06. The second kappa shape index (κ2) is 10.1. The molecule has 0 aliphatic rings. The van der Waals surface area contributed by atoms with E-state index >= 15 is 0 Å². The average molecular weight is 323 g/mol. The Labute approximate surface area is 139 Å². The van der Waals surface area contributed by atoms with Gasteiger partial charge in [-0.15, -0.1) is 0 Å². The van der Waals surface area contributed by atoms with E-state index in [0.29, 0.717) is 13.2 Å². The molecule has 0 N–H and O–H groups in total.